The normalized spacial score (nSPS) is 21.4. The van der Waals surface area contributed by atoms with Crippen molar-refractivity contribution < 1.29 is 8.78 Å². The summed E-state index contributed by atoms with van der Waals surface area (Å²) in [4.78, 5) is 2.53. The molecule has 1 fully saturated rings. The fraction of sp³-hybridized carbons (Fsp3) is 0.647. The molecule has 1 N–H and O–H groups in total. The van der Waals surface area contributed by atoms with Gasteiger partial charge in [-0.25, -0.2) is 8.78 Å². The zero-order valence-corrected chi connectivity index (χ0v) is 13.0. The van der Waals surface area contributed by atoms with Crippen LogP contribution in [0.1, 0.15) is 51.1 Å². The molecule has 2 rings (SSSR count). The van der Waals surface area contributed by atoms with Crippen LogP contribution in [0, 0.1) is 11.6 Å². The second-order valence-electron chi connectivity index (χ2n) is 6.08. The molecular weight excluding hydrogens is 270 g/mol. The van der Waals surface area contributed by atoms with Crippen LogP contribution in [0.25, 0.3) is 0 Å². The summed E-state index contributed by atoms with van der Waals surface area (Å²) in [5.74, 6) is -0.733. The van der Waals surface area contributed by atoms with Gasteiger partial charge >= 0.3 is 0 Å². The van der Waals surface area contributed by atoms with E-state index in [4.69, 9.17) is 0 Å². The van der Waals surface area contributed by atoms with Gasteiger partial charge in [-0.15, -0.1) is 0 Å². The van der Waals surface area contributed by atoms with Crippen molar-refractivity contribution in [3.63, 3.8) is 0 Å². The summed E-state index contributed by atoms with van der Waals surface area (Å²) < 4.78 is 26.8. The van der Waals surface area contributed by atoms with E-state index in [1.54, 1.807) is 0 Å². The lowest BCUT2D eigenvalue weighted by atomic mass is 10.0. The Bertz CT molecular complexity index is 450. The molecule has 2 nitrogen and oxygen atoms in total. The van der Waals surface area contributed by atoms with Gasteiger partial charge in [0.1, 0.15) is 11.6 Å². The van der Waals surface area contributed by atoms with Crippen molar-refractivity contribution in [2.24, 2.45) is 0 Å². The molecule has 0 amide bonds. The molecular formula is C17H26F2N2. The molecule has 1 aromatic carbocycles. The summed E-state index contributed by atoms with van der Waals surface area (Å²) in [6.45, 7) is 7.25. The molecule has 118 valence electrons. The number of halogens is 2. The number of hydrogen-bond donors (Lipinski definition) is 1. The Morgan fingerprint density at radius 2 is 2.14 bits per heavy atom. The highest BCUT2D eigenvalue weighted by atomic mass is 19.1. The Morgan fingerprint density at radius 3 is 2.90 bits per heavy atom. The third-order valence-electron chi connectivity index (χ3n) is 4.44. The second-order valence-corrected chi connectivity index (χ2v) is 6.08. The topological polar surface area (TPSA) is 15.3 Å². The van der Waals surface area contributed by atoms with Crippen molar-refractivity contribution in [1.82, 2.24) is 10.2 Å². The molecule has 0 bridgehead atoms. The summed E-state index contributed by atoms with van der Waals surface area (Å²) in [6.07, 6.45) is 4.96. The predicted molar refractivity (Wildman–Crippen MR) is 82.3 cm³/mol. The highest BCUT2D eigenvalue weighted by Gasteiger charge is 2.17. The lowest BCUT2D eigenvalue weighted by molar-refractivity contribution is 0.158. The number of hydrogen-bond acceptors (Lipinski definition) is 2. The molecule has 1 aliphatic heterocycles. The lowest BCUT2D eigenvalue weighted by Crippen LogP contribution is -2.39. The Hall–Kier alpha value is -1.00. The molecule has 0 spiro atoms. The quantitative estimate of drug-likeness (QED) is 0.801. The minimum absolute atomic E-state index is 0.167. The second kappa shape index (κ2) is 7.85. The van der Waals surface area contributed by atoms with Gasteiger partial charge < -0.3 is 10.2 Å². The van der Waals surface area contributed by atoms with Gasteiger partial charge in [0.25, 0.3) is 0 Å². The smallest absolute Gasteiger partial charge is 0.128 e. The van der Waals surface area contributed by atoms with Crippen LogP contribution in [0.2, 0.25) is 0 Å². The maximum atomic E-state index is 13.7. The van der Waals surface area contributed by atoms with E-state index in [2.05, 4.69) is 17.1 Å². The van der Waals surface area contributed by atoms with Gasteiger partial charge in [0, 0.05) is 17.6 Å². The Balaban J connectivity index is 1.74. The number of nitrogens with one attached hydrogen (secondary N) is 1. The van der Waals surface area contributed by atoms with Gasteiger partial charge in [-0.2, -0.15) is 0 Å². The Kier molecular flexibility index (Phi) is 6.12. The van der Waals surface area contributed by atoms with E-state index in [0.29, 0.717) is 11.6 Å². The van der Waals surface area contributed by atoms with E-state index in [1.807, 2.05) is 6.92 Å². The SMILES string of the molecule is CC(NCCCN1CCCCC1C)c1cc(F)ccc1F. The van der Waals surface area contributed by atoms with Gasteiger partial charge in [-0.1, -0.05) is 6.42 Å². The summed E-state index contributed by atoms with van der Waals surface area (Å²) in [6, 6.07) is 4.14. The number of rotatable bonds is 6. The molecule has 2 atom stereocenters. The van der Waals surface area contributed by atoms with Gasteiger partial charge in [0.05, 0.1) is 0 Å². The van der Waals surface area contributed by atoms with Gasteiger partial charge in [0.15, 0.2) is 0 Å². The molecule has 2 unspecified atom stereocenters. The monoisotopic (exact) mass is 296 g/mol. The molecule has 4 heteroatoms. The summed E-state index contributed by atoms with van der Waals surface area (Å²) in [5.41, 5.74) is 0.404. The standard InChI is InChI=1S/C17H26F2N2/c1-13-6-3-4-10-21(13)11-5-9-20-14(2)16-12-15(18)7-8-17(16)19/h7-8,12-14,20H,3-6,9-11H2,1-2H3. The first kappa shape index (κ1) is 16.4. The highest BCUT2D eigenvalue weighted by Crippen LogP contribution is 2.18. The molecule has 0 radical (unpaired) electrons. The van der Waals surface area contributed by atoms with Crippen LogP contribution in [0.4, 0.5) is 8.78 Å². The number of benzene rings is 1. The Morgan fingerprint density at radius 1 is 1.33 bits per heavy atom. The minimum Gasteiger partial charge on any atom is -0.310 e. The van der Waals surface area contributed by atoms with Crippen LogP contribution >= 0.6 is 0 Å². The van der Waals surface area contributed by atoms with E-state index in [0.717, 1.165) is 25.6 Å². The number of likely N-dealkylation sites (tertiary alicyclic amines) is 1. The van der Waals surface area contributed by atoms with Crippen LogP contribution in [0.5, 0.6) is 0 Å². The van der Waals surface area contributed by atoms with Crippen LogP contribution < -0.4 is 5.32 Å². The van der Waals surface area contributed by atoms with Crippen LogP contribution in [0.3, 0.4) is 0 Å². The average Bonchev–Trinajstić information content (AvgIpc) is 2.47. The summed E-state index contributed by atoms with van der Waals surface area (Å²) >= 11 is 0. The molecule has 1 heterocycles. The first-order chi connectivity index (χ1) is 10.1. The Labute approximate surface area is 126 Å². The van der Waals surface area contributed by atoms with E-state index >= 15 is 0 Å². The fourth-order valence-corrected chi connectivity index (χ4v) is 3.05. The maximum absolute atomic E-state index is 13.7. The third-order valence-corrected chi connectivity index (χ3v) is 4.44. The van der Waals surface area contributed by atoms with Crippen LogP contribution in [0.15, 0.2) is 18.2 Å². The highest BCUT2D eigenvalue weighted by molar-refractivity contribution is 5.21. The average molecular weight is 296 g/mol. The van der Waals surface area contributed by atoms with Gasteiger partial charge in [-0.3, -0.25) is 0 Å². The maximum Gasteiger partial charge on any atom is 0.128 e. The van der Waals surface area contributed by atoms with Crippen LogP contribution in [-0.2, 0) is 0 Å². The molecule has 0 aliphatic carbocycles. The predicted octanol–water partition coefficient (Wildman–Crippen LogP) is 3.88. The number of nitrogens with zero attached hydrogens (tertiary/aromatic N) is 1. The lowest BCUT2D eigenvalue weighted by Gasteiger charge is -2.33. The largest absolute Gasteiger partial charge is 0.310 e. The van der Waals surface area contributed by atoms with E-state index < -0.39 is 0 Å². The number of piperidine rings is 1. The molecule has 1 aromatic rings. The van der Waals surface area contributed by atoms with Crippen molar-refractivity contribution in [3.05, 3.63) is 35.4 Å². The minimum atomic E-state index is -0.387. The molecule has 1 saturated heterocycles. The summed E-state index contributed by atoms with van der Waals surface area (Å²) in [5, 5.41) is 3.29. The summed E-state index contributed by atoms with van der Waals surface area (Å²) in [7, 11) is 0. The zero-order chi connectivity index (χ0) is 15.2. The van der Waals surface area contributed by atoms with Crippen LogP contribution in [-0.4, -0.2) is 30.6 Å². The molecule has 1 aliphatic rings. The van der Waals surface area contributed by atoms with Gasteiger partial charge in [0.2, 0.25) is 0 Å². The van der Waals surface area contributed by atoms with Crippen molar-refractivity contribution in [2.45, 2.75) is 51.6 Å². The van der Waals surface area contributed by atoms with Crippen molar-refractivity contribution in [1.29, 1.82) is 0 Å². The third kappa shape index (κ3) is 4.75. The van der Waals surface area contributed by atoms with Crippen molar-refractivity contribution >= 4 is 0 Å². The first-order valence-electron chi connectivity index (χ1n) is 8.00. The van der Waals surface area contributed by atoms with Crippen molar-refractivity contribution in [2.75, 3.05) is 19.6 Å². The molecule has 0 aromatic heterocycles. The first-order valence-corrected chi connectivity index (χ1v) is 8.00. The van der Waals surface area contributed by atoms with E-state index in [1.165, 1.54) is 37.9 Å². The van der Waals surface area contributed by atoms with Gasteiger partial charge in [-0.05, 0) is 70.9 Å². The van der Waals surface area contributed by atoms with E-state index in [-0.39, 0.29) is 17.7 Å². The van der Waals surface area contributed by atoms with Crippen molar-refractivity contribution in [3.8, 4) is 0 Å². The molecule has 0 saturated carbocycles. The van der Waals surface area contributed by atoms with E-state index in [9.17, 15) is 8.78 Å². The molecule has 21 heavy (non-hydrogen) atoms. The zero-order valence-electron chi connectivity index (χ0n) is 13.0. The fourth-order valence-electron chi connectivity index (χ4n) is 3.05.